The molecule has 0 aliphatic heterocycles. The van der Waals surface area contributed by atoms with E-state index in [2.05, 4.69) is 31.2 Å². The van der Waals surface area contributed by atoms with Crippen LogP contribution >= 0.6 is 0 Å². The van der Waals surface area contributed by atoms with Crippen LogP contribution in [0.5, 0.6) is 0 Å². The van der Waals surface area contributed by atoms with Crippen molar-refractivity contribution >= 4 is 5.97 Å². The van der Waals surface area contributed by atoms with Gasteiger partial charge in [0.2, 0.25) is 0 Å². The number of ether oxygens (including phenoxy) is 1. The average Bonchev–Trinajstić information content (AvgIpc) is 2.78. The van der Waals surface area contributed by atoms with Gasteiger partial charge in [-0.3, -0.25) is 0 Å². The molecule has 0 radical (unpaired) electrons. The number of hydrogen-bond acceptors (Lipinski definition) is 2. The van der Waals surface area contributed by atoms with E-state index in [-0.39, 0.29) is 5.97 Å². The summed E-state index contributed by atoms with van der Waals surface area (Å²) in [5.74, 6) is 1.63. The lowest BCUT2D eigenvalue weighted by Crippen LogP contribution is -2.15. The molecule has 0 bridgehead atoms. The normalized spacial score (nSPS) is 19.1. The van der Waals surface area contributed by atoms with E-state index in [4.69, 9.17) is 4.74 Å². The zero-order chi connectivity index (χ0) is 20.5. The standard InChI is InChI=1S/C27H36O2/c1-3-4-5-6-21-7-9-22(10-8-21)11-12-23-13-15-24(16-14-23)25-17-19-26(20-18-25)27(28)29-2/h13-22H,3-12H2,1-2H3. The van der Waals surface area contributed by atoms with Crippen molar-refractivity contribution in [3.8, 4) is 11.1 Å². The van der Waals surface area contributed by atoms with Crippen LogP contribution in [-0.2, 0) is 11.2 Å². The van der Waals surface area contributed by atoms with Crippen molar-refractivity contribution in [2.24, 2.45) is 11.8 Å². The molecule has 156 valence electrons. The molecule has 0 N–H and O–H groups in total. The van der Waals surface area contributed by atoms with Crippen molar-refractivity contribution in [1.29, 1.82) is 0 Å². The summed E-state index contributed by atoms with van der Waals surface area (Å²) < 4.78 is 4.76. The molecule has 0 amide bonds. The molecule has 0 spiro atoms. The van der Waals surface area contributed by atoms with Gasteiger partial charge < -0.3 is 4.74 Å². The van der Waals surface area contributed by atoms with Crippen molar-refractivity contribution in [3.63, 3.8) is 0 Å². The Morgan fingerprint density at radius 2 is 1.38 bits per heavy atom. The maximum absolute atomic E-state index is 11.6. The number of hydrogen-bond donors (Lipinski definition) is 0. The van der Waals surface area contributed by atoms with Gasteiger partial charge in [0.25, 0.3) is 0 Å². The molecule has 0 atom stereocenters. The topological polar surface area (TPSA) is 26.3 Å². The lowest BCUT2D eigenvalue weighted by molar-refractivity contribution is 0.0601. The summed E-state index contributed by atoms with van der Waals surface area (Å²) in [6.45, 7) is 2.30. The lowest BCUT2D eigenvalue weighted by Gasteiger charge is -2.28. The van der Waals surface area contributed by atoms with Crippen LogP contribution < -0.4 is 0 Å². The van der Waals surface area contributed by atoms with Gasteiger partial charge in [0.1, 0.15) is 0 Å². The number of aryl methyl sites for hydroxylation is 1. The van der Waals surface area contributed by atoms with Crippen LogP contribution in [0.2, 0.25) is 0 Å². The quantitative estimate of drug-likeness (QED) is 0.327. The SMILES string of the molecule is CCCCCC1CCC(CCc2ccc(-c3ccc(C(=O)OC)cc3)cc2)CC1. The van der Waals surface area contributed by atoms with Gasteiger partial charge in [-0.15, -0.1) is 0 Å². The smallest absolute Gasteiger partial charge is 0.337 e. The largest absolute Gasteiger partial charge is 0.465 e. The Morgan fingerprint density at radius 1 is 0.828 bits per heavy atom. The molecule has 1 aliphatic carbocycles. The molecule has 29 heavy (non-hydrogen) atoms. The third-order valence-electron chi connectivity index (χ3n) is 6.62. The van der Waals surface area contributed by atoms with Crippen LogP contribution in [0.3, 0.4) is 0 Å². The monoisotopic (exact) mass is 392 g/mol. The van der Waals surface area contributed by atoms with Crippen molar-refractivity contribution in [1.82, 2.24) is 0 Å². The molecule has 2 aromatic carbocycles. The summed E-state index contributed by atoms with van der Waals surface area (Å²) >= 11 is 0. The third-order valence-corrected chi connectivity index (χ3v) is 6.62. The first kappa shape index (κ1) is 21.6. The number of carbonyl (C=O) groups excluding carboxylic acids is 1. The molecule has 3 rings (SSSR count). The zero-order valence-corrected chi connectivity index (χ0v) is 18.2. The summed E-state index contributed by atoms with van der Waals surface area (Å²) in [5.41, 5.74) is 4.35. The van der Waals surface area contributed by atoms with E-state index in [1.54, 1.807) is 0 Å². The maximum atomic E-state index is 11.6. The summed E-state index contributed by atoms with van der Waals surface area (Å²) in [7, 11) is 1.41. The number of methoxy groups -OCH3 is 1. The molecule has 0 saturated heterocycles. The summed E-state index contributed by atoms with van der Waals surface area (Å²) in [6, 6.07) is 16.6. The van der Waals surface area contributed by atoms with Crippen molar-refractivity contribution in [3.05, 3.63) is 59.7 Å². The fourth-order valence-electron chi connectivity index (χ4n) is 4.64. The lowest BCUT2D eigenvalue weighted by atomic mass is 9.78. The van der Waals surface area contributed by atoms with Gasteiger partial charge in [-0.25, -0.2) is 4.79 Å². The van der Waals surface area contributed by atoms with E-state index < -0.39 is 0 Å². The van der Waals surface area contributed by atoms with Gasteiger partial charge in [0.05, 0.1) is 12.7 Å². The van der Waals surface area contributed by atoms with Gasteiger partial charge in [0.15, 0.2) is 0 Å². The van der Waals surface area contributed by atoms with Crippen LogP contribution in [-0.4, -0.2) is 13.1 Å². The molecule has 1 saturated carbocycles. The highest BCUT2D eigenvalue weighted by atomic mass is 16.5. The summed E-state index contributed by atoms with van der Waals surface area (Å²) in [6.07, 6.45) is 13.9. The van der Waals surface area contributed by atoms with E-state index in [1.165, 1.54) is 82.4 Å². The second-order valence-corrected chi connectivity index (χ2v) is 8.69. The molecule has 2 nitrogen and oxygen atoms in total. The molecule has 0 heterocycles. The first-order valence-electron chi connectivity index (χ1n) is 11.5. The predicted octanol–water partition coefficient (Wildman–Crippen LogP) is 7.46. The van der Waals surface area contributed by atoms with Gasteiger partial charge >= 0.3 is 5.97 Å². The number of esters is 1. The number of benzene rings is 2. The average molecular weight is 393 g/mol. The Morgan fingerprint density at radius 3 is 1.93 bits per heavy atom. The second-order valence-electron chi connectivity index (χ2n) is 8.69. The van der Waals surface area contributed by atoms with Crippen LogP contribution in [0.1, 0.15) is 80.6 Å². The molecule has 1 fully saturated rings. The number of carbonyl (C=O) groups is 1. The first-order valence-corrected chi connectivity index (χ1v) is 11.5. The number of unbranched alkanes of at least 4 members (excludes halogenated alkanes) is 2. The van der Waals surface area contributed by atoms with Crippen molar-refractivity contribution in [2.75, 3.05) is 7.11 Å². The van der Waals surface area contributed by atoms with Gasteiger partial charge in [-0.05, 0) is 53.5 Å². The van der Waals surface area contributed by atoms with E-state index in [0.717, 1.165) is 17.4 Å². The van der Waals surface area contributed by atoms with E-state index in [9.17, 15) is 4.79 Å². The number of rotatable bonds is 9. The van der Waals surface area contributed by atoms with E-state index in [0.29, 0.717) is 5.56 Å². The molecule has 2 aromatic rings. The Kier molecular flexibility index (Phi) is 8.34. The minimum atomic E-state index is -0.290. The van der Waals surface area contributed by atoms with Crippen LogP contribution in [0.25, 0.3) is 11.1 Å². The maximum Gasteiger partial charge on any atom is 0.337 e. The minimum absolute atomic E-state index is 0.290. The van der Waals surface area contributed by atoms with Gasteiger partial charge in [-0.1, -0.05) is 94.7 Å². The molecular formula is C27H36O2. The van der Waals surface area contributed by atoms with Crippen LogP contribution in [0.15, 0.2) is 48.5 Å². The summed E-state index contributed by atoms with van der Waals surface area (Å²) in [4.78, 5) is 11.6. The minimum Gasteiger partial charge on any atom is -0.465 e. The molecular weight excluding hydrogens is 356 g/mol. The highest BCUT2D eigenvalue weighted by Crippen LogP contribution is 2.34. The molecule has 0 unspecified atom stereocenters. The molecule has 2 heteroatoms. The highest BCUT2D eigenvalue weighted by Gasteiger charge is 2.20. The molecule has 0 aromatic heterocycles. The second kappa shape index (κ2) is 11.2. The predicted molar refractivity (Wildman–Crippen MR) is 121 cm³/mol. The Balaban J connectivity index is 1.45. The fourth-order valence-corrected chi connectivity index (χ4v) is 4.64. The van der Waals surface area contributed by atoms with E-state index >= 15 is 0 Å². The highest BCUT2D eigenvalue weighted by molar-refractivity contribution is 5.89. The molecule has 1 aliphatic rings. The van der Waals surface area contributed by atoms with Gasteiger partial charge in [-0.2, -0.15) is 0 Å². The Hall–Kier alpha value is -2.09. The zero-order valence-electron chi connectivity index (χ0n) is 18.2. The van der Waals surface area contributed by atoms with Crippen molar-refractivity contribution < 1.29 is 9.53 Å². The van der Waals surface area contributed by atoms with Crippen LogP contribution in [0.4, 0.5) is 0 Å². The van der Waals surface area contributed by atoms with Crippen LogP contribution in [0, 0.1) is 11.8 Å². The Labute approximate surface area is 176 Å². The Bertz CT molecular complexity index is 737. The summed E-state index contributed by atoms with van der Waals surface area (Å²) in [5, 5.41) is 0. The van der Waals surface area contributed by atoms with Gasteiger partial charge in [0, 0.05) is 0 Å². The third kappa shape index (κ3) is 6.45. The van der Waals surface area contributed by atoms with E-state index in [1.807, 2.05) is 24.3 Å². The fraction of sp³-hybridized carbons (Fsp3) is 0.519. The van der Waals surface area contributed by atoms with Crippen molar-refractivity contribution in [2.45, 2.75) is 71.1 Å². The first-order chi connectivity index (χ1) is 14.2.